The van der Waals surface area contributed by atoms with Gasteiger partial charge in [0, 0.05) is 17.7 Å². The van der Waals surface area contributed by atoms with Gasteiger partial charge in [0.1, 0.15) is 29.0 Å². The molecule has 8 heteroatoms. The zero-order valence-corrected chi connectivity index (χ0v) is 20.5. The van der Waals surface area contributed by atoms with E-state index in [-0.39, 0.29) is 5.69 Å². The Morgan fingerprint density at radius 2 is 1.82 bits per heavy atom. The second kappa shape index (κ2) is 11.1. The highest BCUT2D eigenvalue weighted by Gasteiger charge is 2.26. The van der Waals surface area contributed by atoms with E-state index in [0.717, 1.165) is 11.3 Å². The first-order chi connectivity index (χ1) is 16.2. The molecule has 0 saturated heterocycles. The lowest BCUT2D eigenvalue weighted by Gasteiger charge is -2.22. The van der Waals surface area contributed by atoms with E-state index in [2.05, 4.69) is 28.0 Å². The van der Waals surface area contributed by atoms with E-state index in [0.29, 0.717) is 28.5 Å². The van der Waals surface area contributed by atoms with Crippen LogP contribution < -0.4 is 5.32 Å². The lowest BCUT2D eigenvalue weighted by atomic mass is 10.1. The summed E-state index contributed by atoms with van der Waals surface area (Å²) in [5.41, 5.74) is 2.71. The van der Waals surface area contributed by atoms with Crippen LogP contribution in [0.2, 0.25) is 0 Å². The van der Waals surface area contributed by atoms with Crippen LogP contribution >= 0.6 is 0 Å². The Kier molecular flexibility index (Phi) is 8.46. The van der Waals surface area contributed by atoms with Crippen LogP contribution in [-0.2, 0) is 5.54 Å². The maximum Gasteiger partial charge on any atom is 0.269 e. The van der Waals surface area contributed by atoms with Crippen molar-refractivity contribution >= 4 is 23.4 Å². The number of nitro benzene ring substituents is 1. The number of aryl methyl sites for hydroxylation is 1. The van der Waals surface area contributed by atoms with Crippen molar-refractivity contribution in [3.63, 3.8) is 0 Å². The second-order valence-electron chi connectivity index (χ2n) is 8.19. The minimum absolute atomic E-state index is 0.0233. The largest absolute Gasteiger partial charge is 0.324 e. The van der Waals surface area contributed by atoms with Gasteiger partial charge in [0.2, 0.25) is 0 Å². The fourth-order valence-electron chi connectivity index (χ4n) is 3.13. The Hall–Kier alpha value is -4.25. The number of rotatable bonds is 6. The molecule has 8 nitrogen and oxygen atoms in total. The van der Waals surface area contributed by atoms with Gasteiger partial charge < -0.3 is 5.32 Å². The number of non-ortho nitro benzene ring substituents is 1. The van der Waals surface area contributed by atoms with E-state index in [9.17, 15) is 15.4 Å². The van der Waals surface area contributed by atoms with Crippen LogP contribution in [0.25, 0.3) is 17.3 Å². The molecule has 1 aromatic carbocycles. The van der Waals surface area contributed by atoms with E-state index in [4.69, 9.17) is 0 Å². The van der Waals surface area contributed by atoms with Crippen molar-refractivity contribution in [1.82, 2.24) is 14.8 Å². The fraction of sp³-hybridized carbons (Fsp3) is 0.269. The first kappa shape index (κ1) is 26.0. The van der Waals surface area contributed by atoms with Gasteiger partial charge in [-0.1, -0.05) is 38.6 Å². The molecule has 2 heterocycles. The van der Waals surface area contributed by atoms with Gasteiger partial charge in [0.25, 0.3) is 5.69 Å². The molecule has 0 atom stereocenters. The van der Waals surface area contributed by atoms with Crippen LogP contribution in [0.4, 0.5) is 17.3 Å². The Bertz CT molecular complexity index is 1240. The molecule has 0 aliphatic rings. The van der Waals surface area contributed by atoms with Crippen molar-refractivity contribution in [2.45, 2.75) is 47.1 Å². The molecule has 0 unspecified atom stereocenters. The predicted molar refractivity (Wildman–Crippen MR) is 137 cm³/mol. The number of benzene rings is 1. The number of allylic oxidation sites excluding steroid dienone is 2. The molecule has 0 aliphatic carbocycles. The van der Waals surface area contributed by atoms with Crippen LogP contribution in [0, 0.1) is 28.4 Å². The summed E-state index contributed by atoms with van der Waals surface area (Å²) < 4.78 is 1.74. The number of aromatic nitrogens is 3. The molecule has 0 fully saturated rings. The van der Waals surface area contributed by atoms with Crippen LogP contribution in [-0.4, -0.2) is 19.7 Å². The highest BCUT2D eigenvalue weighted by molar-refractivity contribution is 5.76. The number of nitro groups is 1. The molecule has 2 aromatic heterocycles. The summed E-state index contributed by atoms with van der Waals surface area (Å²) in [4.78, 5) is 15.2. The SMILES string of the molecule is C=C/C=C\c1nc(Nc2c(C#N)c(-c3ccc([N+](=O)[O-])cc3)nn2C(C)(C)C)ccc1C.CC. The summed E-state index contributed by atoms with van der Waals surface area (Å²) in [5, 5.41) is 28.9. The minimum atomic E-state index is -0.461. The van der Waals surface area contributed by atoms with Gasteiger partial charge in [-0.3, -0.25) is 10.1 Å². The third kappa shape index (κ3) is 5.75. The molecule has 3 rings (SSSR count). The smallest absolute Gasteiger partial charge is 0.269 e. The van der Waals surface area contributed by atoms with E-state index in [1.54, 1.807) is 22.9 Å². The standard InChI is InChI=1S/C24H24N6O2.C2H6/c1-6-7-8-20-16(2)9-14-21(26-20)27-23-19(15-25)22(28-29(23)24(3,4)5)17-10-12-18(13-11-17)30(31)32;1-2/h6-14H,1H2,2-5H3,(H,26,27);1-2H3/b8-7-;. The highest BCUT2D eigenvalue weighted by Crippen LogP contribution is 2.34. The van der Waals surface area contributed by atoms with Gasteiger partial charge >= 0.3 is 0 Å². The number of pyridine rings is 1. The Morgan fingerprint density at radius 3 is 2.35 bits per heavy atom. The fourth-order valence-corrected chi connectivity index (χ4v) is 3.13. The molecular weight excluding hydrogens is 428 g/mol. The van der Waals surface area contributed by atoms with Crippen LogP contribution in [0.1, 0.15) is 51.4 Å². The number of nitrogens with one attached hydrogen (secondary N) is 1. The molecule has 0 bridgehead atoms. The van der Waals surface area contributed by atoms with E-state index >= 15 is 0 Å². The van der Waals surface area contributed by atoms with Gasteiger partial charge in [-0.2, -0.15) is 10.4 Å². The number of hydrogen-bond acceptors (Lipinski definition) is 6. The lowest BCUT2D eigenvalue weighted by molar-refractivity contribution is -0.384. The van der Waals surface area contributed by atoms with Crippen LogP contribution in [0.3, 0.4) is 0 Å². The molecule has 1 N–H and O–H groups in total. The average molecular weight is 459 g/mol. The second-order valence-corrected chi connectivity index (χ2v) is 8.19. The van der Waals surface area contributed by atoms with Crippen molar-refractivity contribution in [1.29, 1.82) is 5.26 Å². The number of nitriles is 1. The van der Waals surface area contributed by atoms with E-state index in [1.807, 2.05) is 65.8 Å². The predicted octanol–water partition coefficient (Wildman–Crippen LogP) is 6.76. The van der Waals surface area contributed by atoms with Crippen molar-refractivity contribution < 1.29 is 4.92 Å². The molecular formula is C26H30N6O2. The third-order valence-electron chi connectivity index (χ3n) is 4.76. The monoisotopic (exact) mass is 458 g/mol. The number of hydrogen-bond donors (Lipinski definition) is 1. The summed E-state index contributed by atoms with van der Waals surface area (Å²) in [6.45, 7) is 15.6. The van der Waals surface area contributed by atoms with E-state index < -0.39 is 10.5 Å². The lowest BCUT2D eigenvalue weighted by Crippen LogP contribution is -2.24. The van der Waals surface area contributed by atoms with Crippen LogP contribution in [0.15, 0.2) is 55.1 Å². The van der Waals surface area contributed by atoms with Gasteiger partial charge in [0.15, 0.2) is 0 Å². The quantitative estimate of drug-likeness (QED) is 0.248. The first-order valence-electron chi connectivity index (χ1n) is 11.0. The molecule has 0 spiro atoms. The van der Waals surface area contributed by atoms with Gasteiger partial charge in [-0.25, -0.2) is 9.67 Å². The Labute approximate surface area is 200 Å². The summed E-state index contributed by atoms with van der Waals surface area (Å²) in [7, 11) is 0. The maximum atomic E-state index is 11.0. The van der Waals surface area contributed by atoms with Crippen LogP contribution in [0.5, 0.6) is 0 Å². The number of anilines is 2. The minimum Gasteiger partial charge on any atom is -0.324 e. The Balaban J connectivity index is 0.00000199. The normalized spacial score (nSPS) is 10.9. The van der Waals surface area contributed by atoms with Gasteiger partial charge in [-0.15, -0.1) is 0 Å². The Morgan fingerprint density at radius 1 is 1.18 bits per heavy atom. The van der Waals surface area contributed by atoms with Gasteiger partial charge in [0.05, 0.1) is 16.2 Å². The highest BCUT2D eigenvalue weighted by atomic mass is 16.6. The van der Waals surface area contributed by atoms with E-state index in [1.165, 1.54) is 12.1 Å². The summed E-state index contributed by atoms with van der Waals surface area (Å²) >= 11 is 0. The molecule has 176 valence electrons. The number of nitrogens with zero attached hydrogens (tertiary/aromatic N) is 5. The molecule has 0 radical (unpaired) electrons. The molecule has 0 amide bonds. The zero-order valence-electron chi connectivity index (χ0n) is 20.5. The zero-order chi connectivity index (χ0) is 25.5. The third-order valence-corrected chi connectivity index (χ3v) is 4.76. The average Bonchev–Trinajstić information content (AvgIpc) is 3.19. The first-order valence-corrected chi connectivity index (χ1v) is 11.0. The summed E-state index contributed by atoms with van der Waals surface area (Å²) in [6, 6.07) is 12.0. The maximum absolute atomic E-state index is 11.0. The van der Waals surface area contributed by atoms with Gasteiger partial charge in [-0.05, 0) is 57.5 Å². The van der Waals surface area contributed by atoms with Crippen molar-refractivity contribution in [3.05, 3.63) is 82.1 Å². The molecule has 3 aromatic rings. The van der Waals surface area contributed by atoms with Crippen molar-refractivity contribution in [2.24, 2.45) is 0 Å². The molecule has 0 saturated carbocycles. The molecule has 0 aliphatic heterocycles. The van der Waals surface area contributed by atoms with Crippen molar-refractivity contribution in [3.8, 4) is 17.3 Å². The topological polar surface area (TPSA) is 110 Å². The summed E-state index contributed by atoms with van der Waals surface area (Å²) in [5.74, 6) is 1.07. The molecule has 34 heavy (non-hydrogen) atoms. The summed E-state index contributed by atoms with van der Waals surface area (Å²) in [6.07, 6.45) is 5.36. The van der Waals surface area contributed by atoms with Crippen molar-refractivity contribution in [2.75, 3.05) is 5.32 Å².